The molecule has 0 unspecified atom stereocenters. The summed E-state index contributed by atoms with van der Waals surface area (Å²) in [5.74, 6) is -0.206. The molecule has 0 aromatic carbocycles. The molecule has 0 radical (unpaired) electrons. The molecule has 2 N–H and O–H groups in total. The fourth-order valence-electron chi connectivity index (χ4n) is 2.53. The van der Waals surface area contributed by atoms with Crippen LogP contribution in [0.25, 0.3) is 0 Å². The van der Waals surface area contributed by atoms with Crippen LogP contribution in [0.1, 0.15) is 23.4 Å². The molecule has 19 heavy (non-hydrogen) atoms. The second-order valence-electron chi connectivity index (χ2n) is 4.76. The lowest BCUT2D eigenvalue weighted by Crippen LogP contribution is -2.55. The first-order valence-electron chi connectivity index (χ1n) is 6.07. The smallest absolute Gasteiger partial charge is 0.322 e. The molecule has 7 heteroatoms. The van der Waals surface area contributed by atoms with Gasteiger partial charge in [-0.2, -0.15) is 0 Å². The fourth-order valence-corrected chi connectivity index (χ4v) is 2.53. The van der Waals surface area contributed by atoms with Crippen LogP contribution in [0.3, 0.4) is 0 Å². The number of furan rings is 1. The first-order valence-corrected chi connectivity index (χ1v) is 6.07. The lowest BCUT2D eigenvalue weighted by Gasteiger charge is -2.36. The van der Waals surface area contributed by atoms with Crippen molar-refractivity contribution in [2.24, 2.45) is 0 Å². The third-order valence-corrected chi connectivity index (χ3v) is 3.65. The Morgan fingerprint density at radius 3 is 2.58 bits per heavy atom. The number of hydrogen-bond donors (Lipinski definition) is 2. The highest BCUT2D eigenvalue weighted by Gasteiger charge is 2.48. The highest BCUT2D eigenvalue weighted by molar-refractivity contribution is 6.07. The van der Waals surface area contributed by atoms with Crippen LogP contribution in [0.2, 0.25) is 0 Å². The number of piperidine rings is 1. The summed E-state index contributed by atoms with van der Waals surface area (Å²) in [4.78, 5) is 36.6. The Morgan fingerprint density at radius 2 is 2.05 bits per heavy atom. The highest BCUT2D eigenvalue weighted by atomic mass is 16.3. The first-order chi connectivity index (χ1) is 9.11. The van der Waals surface area contributed by atoms with Crippen molar-refractivity contribution in [3.8, 4) is 0 Å². The van der Waals surface area contributed by atoms with Crippen molar-refractivity contribution < 1.29 is 18.8 Å². The molecule has 2 saturated heterocycles. The Balaban J connectivity index is 1.68. The van der Waals surface area contributed by atoms with E-state index in [-0.39, 0.29) is 17.6 Å². The van der Waals surface area contributed by atoms with E-state index in [2.05, 4.69) is 10.6 Å². The van der Waals surface area contributed by atoms with Gasteiger partial charge in [0.1, 0.15) is 5.54 Å². The topological polar surface area (TPSA) is 91.7 Å². The largest absolute Gasteiger partial charge is 0.459 e. The Hall–Kier alpha value is -2.31. The Morgan fingerprint density at radius 1 is 1.32 bits per heavy atom. The van der Waals surface area contributed by atoms with Gasteiger partial charge in [-0.3, -0.25) is 14.9 Å². The SMILES string of the molecule is O=C1NC(=O)C2(CCN(C(=O)c3ccco3)CC2)N1. The molecule has 0 bridgehead atoms. The maximum absolute atomic E-state index is 12.1. The van der Waals surface area contributed by atoms with E-state index in [9.17, 15) is 14.4 Å². The number of hydrogen-bond acceptors (Lipinski definition) is 4. The zero-order chi connectivity index (χ0) is 13.5. The van der Waals surface area contributed by atoms with Gasteiger partial charge in [0.15, 0.2) is 5.76 Å². The quantitative estimate of drug-likeness (QED) is 0.703. The van der Waals surface area contributed by atoms with Crippen LogP contribution in [-0.2, 0) is 4.79 Å². The van der Waals surface area contributed by atoms with Crippen LogP contribution in [0, 0.1) is 0 Å². The van der Waals surface area contributed by atoms with E-state index in [0.717, 1.165) is 0 Å². The van der Waals surface area contributed by atoms with Gasteiger partial charge in [-0.25, -0.2) is 4.79 Å². The summed E-state index contributed by atoms with van der Waals surface area (Å²) < 4.78 is 5.06. The van der Waals surface area contributed by atoms with Gasteiger partial charge in [-0.15, -0.1) is 0 Å². The molecule has 1 aromatic heterocycles. The minimum absolute atomic E-state index is 0.190. The summed E-state index contributed by atoms with van der Waals surface area (Å²) in [5, 5.41) is 4.89. The Bertz CT molecular complexity index is 529. The predicted octanol–water partition coefficient (Wildman–Crippen LogP) is 0.0938. The molecule has 0 atom stereocenters. The minimum atomic E-state index is -0.850. The summed E-state index contributed by atoms with van der Waals surface area (Å²) >= 11 is 0. The first kappa shape index (κ1) is 11.8. The molecule has 100 valence electrons. The van der Waals surface area contributed by atoms with Crippen molar-refractivity contribution in [3.05, 3.63) is 24.2 Å². The molecule has 3 rings (SSSR count). The summed E-state index contributed by atoms with van der Waals surface area (Å²) in [6.45, 7) is 0.820. The van der Waals surface area contributed by atoms with Crippen LogP contribution in [0.15, 0.2) is 22.8 Å². The van der Waals surface area contributed by atoms with Gasteiger partial charge < -0.3 is 14.6 Å². The van der Waals surface area contributed by atoms with Crippen LogP contribution in [0.4, 0.5) is 4.79 Å². The fraction of sp³-hybridized carbons (Fsp3) is 0.417. The highest BCUT2D eigenvalue weighted by Crippen LogP contribution is 2.26. The van der Waals surface area contributed by atoms with E-state index in [1.54, 1.807) is 17.0 Å². The third kappa shape index (κ3) is 1.87. The monoisotopic (exact) mass is 263 g/mol. The average Bonchev–Trinajstić information content (AvgIpc) is 2.99. The van der Waals surface area contributed by atoms with E-state index >= 15 is 0 Å². The van der Waals surface area contributed by atoms with Crippen molar-refractivity contribution >= 4 is 17.8 Å². The molecule has 0 saturated carbocycles. The number of nitrogens with one attached hydrogen (secondary N) is 2. The van der Waals surface area contributed by atoms with E-state index in [0.29, 0.717) is 25.9 Å². The summed E-state index contributed by atoms with van der Waals surface area (Å²) in [6.07, 6.45) is 2.28. The molecule has 1 aromatic rings. The molecule has 2 fully saturated rings. The van der Waals surface area contributed by atoms with Gasteiger partial charge in [0.25, 0.3) is 11.8 Å². The predicted molar refractivity (Wildman–Crippen MR) is 63.3 cm³/mol. The molecule has 0 aliphatic carbocycles. The van der Waals surface area contributed by atoms with Crippen molar-refractivity contribution in [2.45, 2.75) is 18.4 Å². The maximum atomic E-state index is 12.1. The van der Waals surface area contributed by atoms with Crippen molar-refractivity contribution in [2.75, 3.05) is 13.1 Å². The van der Waals surface area contributed by atoms with Gasteiger partial charge in [-0.1, -0.05) is 0 Å². The van der Waals surface area contributed by atoms with Crippen molar-refractivity contribution in [1.82, 2.24) is 15.5 Å². The van der Waals surface area contributed by atoms with Gasteiger partial charge in [-0.05, 0) is 25.0 Å². The second kappa shape index (κ2) is 4.11. The number of carbonyl (C=O) groups excluding carboxylic acids is 3. The van der Waals surface area contributed by atoms with Crippen LogP contribution >= 0.6 is 0 Å². The lowest BCUT2D eigenvalue weighted by molar-refractivity contribution is -0.125. The average molecular weight is 263 g/mol. The minimum Gasteiger partial charge on any atom is -0.459 e. The van der Waals surface area contributed by atoms with E-state index < -0.39 is 11.6 Å². The van der Waals surface area contributed by atoms with E-state index in [1.807, 2.05) is 0 Å². The van der Waals surface area contributed by atoms with Gasteiger partial charge >= 0.3 is 6.03 Å². The molecule has 7 nitrogen and oxygen atoms in total. The van der Waals surface area contributed by atoms with Crippen molar-refractivity contribution in [3.63, 3.8) is 0 Å². The number of urea groups is 1. The summed E-state index contributed by atoms with van der Waals surface area (Å²) in [5.41, 5.74) is -0.850. The van der Waals surface area contributed by atoms with Crippen LogP contribution < -0.4 is 10.6 Å². The standard InChI is InChI=1S/C12H13N3O4/c16-9(8-2-1-7-19-8)15-5-3-12(4-6-15)10(17)13-11(18)14-12/h1-2,7H,3-6H2,(H2,13,14,17,18). The second-order valence-corrected chi connectivity index (χ2v) is 4.76. The zero-order valence-electron chi connectivity index (χ0n) is 10.1. The number of imide groups is 1. The van der Waals surface area contributed by atoms with Gasteiger partial charge in [0, 0.05) is 13.1 Å². The zero-order valence-corrected chi connectivity index (χ0v) is 10.1. The third-order valence-electron chi connectivity index (χ3n) is 3.65. The number of likely N-dealkylation sites (tertiary alicyclic amines) is 1. The Kier molecular flexibility index (Phi) is 2.55. The molecular weight excluding hydrogens is 250 g/mol. The molecule has 2 aliphatic rings. The molecule has 4 amide bonds. The van der Waals surface area contributed by atoms with Gasteiger partial charge in [0.05, 0.1) is 6.26 Å². The normalized spacial score (nSPS) is 21.4. The number of carbonyl (C=O) groups is 3. The van der Waals surface area contributed by atoms with E-state index in [4.69, 9.17) is 4.42 Å². The lowest BCUT2D eigenvalue weighted by atomic mass is 9.87. The number of amides is 4. The molecule has 3 heterocycles. The summed E-state index contributed by atoms with van der Waals surface area (Å²) in [7, 11) is 0. The van der Waals surface area contributed by atoms with Gasteiger partial charge in [0.2, 0.25) is 0 Å². The van der Waals surface area contributed by atoms with Crippen molar-refractivity contribution in [1.29, 1.82) is 0 Å². The molecule has 1 spiro atoms. The maximum Gasteiger partial charge on any atom is 0.322 e. The molecular formula is C12H13N3O4. The summed E-state index contributed by atoms with van der Waals surface area (Å²) in [6, 6.07) is 2.80. The van der Waals surface area contributed by atoms with Crippen LogP contribution in [0.5, 0.6) is 0 Å². The number of nitrogens with zero attached hydrogens (tertiary/aromatic N) is 1. The van der Waals surface area contributed by atoms with E-state index in [1.165, 1.54) is 6.26 Å². The Labute approximate surface area is 108 Å². The number of rotatable bonds is 1. The molecule has 2 aliphatic heterocycles. The van der Waals surface area contributed by atoms with Crippen LogP contribution in [-0.4, -0.2) is 41.4 Å².